The molecule has 0 atom stereocenters. The minimum atomic E-state index is -1.33. The van der Waals surface area contributed by atoms with E-state index in [-0.39, 0.29) is 11.1 Å². The Morgan fingerprint density at radius 2 is 1.43 bits per heavy atom. The topological polar surface area (TPSA) is 232 Å². The van der Waals surface area contributed by atoms with Crippen molar-refractivity contribution in [1.82, 2.24) is 9.97 Å². The van der Waals surface area contributed by atoms with Crippen molar-refractivity contribution in [3.63, 3.8) is 0 Å². The van der Waals surface area contributed by atoms with E-state index >= 15 is 0 Å². The molecule has 0 spiro atoms. The van der Waals surface area contributed by atoms with Crippen molar-refractivity contribution in [3.8, 4) is 0 Å². The second-order valence-electron chi connectivity index (χ2n) is 4.39. The first-order chi connectivity index (χ1) is 13.5. The monoisotopic (exact) mass is 402 g/mol. The van der Waals surface area contributed by atoms with Gasteiger partial charge in [0.05, 0.1) is 29.5 Å². The summed E-state index contributed by atoms with van der Waals surface area (Å²) in [5.41, 5.74) is 1.15. The molecule has 0 unspecified atom stereocenters. The maximum Gasteiger partial charge on any atom is 0.337 e. The summed E-state index contributed by atoms with van der Waals surface area (Å²) in [4.78, 5) is 65.0. The van der Waals surface area contributed by atoms with Crippen molar-refractivity contribution in [1.29, 1.82) is 0 Å². The van der Waals surface area contributed by atoms with Gasteiger partial charge in [-0.25, -0.2) is 4.79 Å². The average Bonchev–Trinajstić information content (AvgIpc) is 2.62. The van der Waals surface area contributed by atoms with Crippen LogP contribution in [-0.4, -0.2) is 44.0 Å². The number of amides is 1. The molecule has 0 fully saturated rings. The van der Waals surface area contributed by atoms with Gasteiger partial charge in [-0.1, -0.05) is 0 Å². The maximum absolute atomic E-state index is 10.8. The molecule has 0 aliphatic heterocycles. The molecule has 2 heterocycles. The minimum Gasteiger partial charge on any atom is -0.478 e. The van der Waals surface area contributed by atoms with Crippen LogP contribution in [0.1, 0.15) is 22.1 Å². The predicted molar refractivity (Wildman–Crippen MR) is 89.9 cm³/mol. The van der Waals surface area contributed by atoms with E-state index in [4.69, 9.17) is 12.2 Å². The number of nitro groups is 2. The molecule has 2 rings (SSSR count). The number of pyridine rings is 2. The number of carboxylic acids is 1. The van der Waals surface area contributed by atoms with Crippen molar-refractivity contribution in [2.75, 3.05) is 7.15 Å². The summed E-state index contributed by atoms with van der Waals surface area (Å²) in [6, 6.07) is 1.54. The Hall–Kier alpha value is -4.43. The largest absolute Gasteiger partial charge is 0.478 e. The number of H-pyrrole nitrogens is 2. The van der Waals surface area contributed by atoms with Gasteiger partial charge in [0.2, 0.25) is 5.91 Å². The van der Waals surface area contributed by atoms with Crippen LogP contribution in [0.2, 0.25) is 0 Å². The quantitative estimate of drug-likeness (QED) is 0.395. The number of carbonyl (C=O) groups is 2. The van der Waals surface area contributed by atoms with Crippen LogP contribution in [0.5, 0.6) is 0 Å². The Morgan fingerprint density at radius 3 is 1.75 bits per heavy atom. The van der Waals surface area contributed by atoms with Gasteiger partial charge in [-0.15, -0.1) is 0 Å². The number of nitrogens with zero attached hydrogens (tertiary/aromatic N) is 2. The van der Waals surface area contributed by atoms with Gasteiger partial charge in [0.15, 0.2) is 0 Å². The molecule has 1 amide bonds. The first-order valence-corrected chi connectivity index (χ1v) is 6.58. The number of aromatic amines is 2. The van der Waals surface area contributed by atoms with Gasteiger partial charge in [0.1, 0.15) is 0 Å². The zero-order valence-corrected chi connectivity index (χ0v) is 13.6. The zero-order valence-electron chi connectivity index (χ0n) is 14.6. The summed E-state index contributed by atoms with van der Waals surface area (Å²) in [5.74, 6) is -2.17. The van der Waals surface area contributed by atoms with Gasteiger partial charge in [0, 0.05) is 24.5 Å². The molecule has 0 saturated heterocycles. The summed E-state index contributed by atoms with van der Waals surface area (Å²) in [5, 5.41) is 28.9. The molecule has 0 radical (unpaired) electrons. The first-order valence-electron chi connectivity index (χ1n) is 7.29. The van der Waals surface area contributed by atoms with Crippen LogP contribution in [0.25, 0.3) is 0 Å². The van der Waals surface area contributed by atoms with Crippen LogP contribution < -0.4 is 16.9 Å². The number of rotatable bonds is 4. The molecule has 2 aromatic heterocycles. The van der Waals surface area contributed by atoms with E-state index < -0.39 is 51.4 Å². The molecule has 0 aliphatic carbocycles. The maximum atomic E-state index is 10.8. The Balaban J connectivity index is 0.000000477. The Bertz CT molecular complexity index is 954. The lowest BCUT2D eigenvalue weighted by molar-refractivity contribution is -0.386. The SMILES string of the molecule is NC(=O)c1c[nH]c(=O)c([N+](=O)[O-])c1.O=C(O)c1c[nH]c(=O)c([N+](=O)[O-])c1.[2H]CF. The Kier molecular flexibility index (Phi) is 8.13. The summed E-state index contributed by atoms with van der Waals surface area (Å²) >= 11 is 0. The van der Waals surface area contributed by atoms with Gasteiger partial charge < -0.3 is 20.8 Å². The number of carbonyl (C=O) groups excluding carboxylic acids is 1. The highest BCUT2D eigenvalue weighted by Gasteiger charge is 2.15. The van der Waals surface area contributed by atoms with Crippen LogP contribution in [0, 0.1) is 20.2 Å². The molecular weight excluding hydrogens is 389 g/mol. The predicted octanol–water partition coefficient (Wildman–Crippen LogP) is -0.0510. The number of carboxylic acid groups (broad SMARTS) is 1. The number of aromatic carboxylic acids is 1. The van der Waals surface area contributed by atoms with Crippen LogP contribution in [0.3, 0.4) is 0 Å². The molecule has 14 nitrogen and oxygen atoms in total. The van der Waals surface area contributed by atoms with Gasteiger partial charge in [0.25, 0.3) is 0 Å². The van der Waals surface area contributed by atoms with E-state index in [1.165, 1.54) is 0 Å². The lowest BCUT2D eigenvalue weighted by Gasteiger charge is -1.93. The third-order valence-corrected chi connectivity index (χ3v) is 2.69. The molecule has 5 N–H and O–H groups in total. The number of hydrogen-bond acceptors (Lipinski definition) is 8. The van der Waals surface area contributed by atoms with Crippen LogP contribution in [0.15, 0.2) is 34.1 Å². The molecule has 150 valence electrons. The molecular formula is C13H12FN5O9. The van der Waals surface area contributed by atoms with Gasteiger partial charge in [-0.05, 0) is 0 Å². The number of primary amides is 1. The second kappa shape index (κ2) is 10.5. The van der Waals surface area contributed by atoms with E-state index in [0.717, 1.165) is 18.5 Å². The van der Waals surface area contributed by atoms with E-state index in [2.05, 4.69) is 0 Å². The normalized spacial score (nSPS) is 9.54. The highest BCUT2D eigenvalue weighted by molar-refractivity contribution is 5.92. The van der Waals surface area contributed by atoms with E-state index in [9.17, 15) is 43.8 Å². The lowest BCUT2D eigenvalue weighted by atomic mass is 10.2. The zero-order chi connectivity index (χ0) is 22.7. The summed E-state index contributed by atoms with van der Waals surface area (Å²) in [7, 11) is -1.00. The fraction of sp³-hybridized carbons (Fsp3) is 0.0769. The molecule has 15 heteroatoms. The Labute approximate surface area is 154 Å². The molecule has 28 heavy (non-hydrogen) atoms. The van der Waals surface area contributed by atoms with Crippen molar-refractivity contribution in [2.24, 2.45) is 5.73 Å². The highest BCUT2D eigenvalue weighted by atomic mass is 19.1. The van der Waals surface area contributed by atoms with Crippen molar-refractivity contribution in [3.05, 3.63) is 76.6 Å². The van der Waals surface area contributed by atoms with Crippen molar-refractivity contribution < 1.29 is 30.3 Å². The fourth-order valence-electron chi connectivity index (χ4n) is 1.48. The van der Waals surface area contributed by atoms with Crippen LogP contribution in [0.4, 0.5) is 15.8 Å². The molecule has 0 aromatic carbocycles. The third-order valence-electron chi connectivity index (χ3n) is 2.69. The average molecular weight is 402 g/mol. The summed E-state index contributed by atoms with van der Waals surface area (Å²) < 4.78 is 15.5. The minimum absolute atomic E-state index is 0.105. The lowest BCUT2D eigenvalue weighted by Crippen LogP contribution is -2.17. The Morgan fingerprint density at radius 1 is 1.07 bits per heavy atom. The molecule has 0 bridgehead atoms. The second-order valence-corrected chi connectivity index (χ2v) is 4.39. The molecule has 2 aromatic rings. The summed E-state index contributed by atoms with van der Waals surface area (Å²) in [6.07, 6.45) is 1.93. The van der Waals surface area contributed by atoms with E-state index in [1.54, 1.807) is 0 Å². The van der Waals surface area contributed by atoms with Gasteiger partial charge >= 0.3 is 28.5 Å². The summed E-state index contributed by atoms with van der Waals surface area (Å²) in [6.45, 7) is 0. The van der Waals surface area contributed by atoms with Crippen LogP contribution in [-0.2, 0) is 0 Å². The number of nitrogens with one attached hydrogen (secondary N) is 2. The van der Waals surface area contributed by atoms with E-state index in [1.807, 2.05) is 9.97 Å². The smallest absolute Gasteiger partial charge is 0.337 e. The van der Waals surface area contributed by atoms with Crippen molar-refractivity contribution in [2.45, 2.75) is 0 Å². The highest BCUT2D eigenvalue weighted by Crippen LogP contribution is 2.06. The van der Waals surface area contributed by atoms with E-state index in [0.29, 0.717) is 6.07 Å². The number of alkyl halides is 1. The number of halogens is 1. The number of hydrogen-bond donors (Lipinski definition) is 4. The molecule has 0 aliphatic rings. The van der Waals surface area contributed by atoms with Crippen molar-refractivity contribution >= 4 is 23.3 Å². The first kappa shape index (κ1) is 21.6. The standard InChI is InChI=1S/C6H5N3O4.C6H4N2O5.CH3F/c7-5(10)3-1-4(9(12)13)6(11)8-2-3;9-5-4(8(12)13)1-3(2-7-5)6(10)11;1-2/h1-2H,(H2,7,10)(H,8,11);1-2H,(H,7,9)(H,10,11);1H3/i;;1D. The number of aromatic nitrogens is 2. The van der Waals surface area contributed by atoms with Crippen LogP contribution >= 0.6 is 0 Å². The molecule has 0 saturated carbocycles. The third kappa shape index (κ3) is 6.47. The van der Waals surface area contributed by atoms with Gasteiger partial charge in [-0.3, -0.25) is 39.0 Å². The van der Waals surface area contributed by atoms with Gasteiger partial charge in [-0.2, -0.15) is 0 Å². The number of nitrogens with two attached hydrogens (primary N) is 1. The fourth-order valence-corrected chi connectivity index (χ4v) is 1.48.